The van der Waals surface area contributed by atoms with E-state index in [1.165, 1.54) is 0 Å². The zero-order valence-corrected chi connectivity index (χ0v) is 13.2. The van der Waals surface area contributed by atoms with Crippen molar-refractivity contribution in [2.75, 3.05) is 7.11 Å². The Morgan fingerprint density at radius 3 is 2.50 bits per heavy atom. The van der Waals surface area contributed by atoms with E-state index in [0.29, 0.717) is 0 Å². The van der Waals surface area contributed by atoms with Crippen molar-refractivity contribution < 1.29 is 14.6 Å². The second-order valence-corrected chi connectivity index (χ2v) is 6.61. The van der Waals surface area contributed by atoms with Crippen LogP contribution in [0.3, 0.4) is 0 Å². The van der Waals surface area contributed by atoms with Crippen LogP contribution < -0.4 is 10.1 Å². The van der Waals surface area contributed by atoms with Gasteiger partial charge in [-0.3, -0.25) is 4.79 Å². The van der Waals surface area contributed by atoms with Crippen molar-refractivity contribution in [3.63, 3.8) is 0 Å². The average Bonchev–Trinajstić information content (AvgIpc) is 2.49. The third-order valence-electron chi connectivity index (χ3n) is 5.30. The van der Waals surface area contributed by atoms with Gasteiger partial charge in [0.15, 0.2) is 0 Å². The summed E-state index contributed by atoms with van der Waals surface area (Å²) in [5.41, 5.74) is 0.583. The first-order valence-electron chi connectivity index (χ1n) is 8.28. The van der Waals surface area contributed by atoms with E-state index in [0.717, 1.165) is 56.3 Å². The number of nitrogens with one attached hydrogen (secondary N) is 1. The summed E-state index contributed by atoms with van der Waals surface area (Å²) >= 11 is 0. The van der Waals surface area contributed by atoms with Gasteiger partial charge in [0.2, 0.25) is 5.91 Å². The van der Waals surface area contributed by atoms with Gasteiger partial charge in [0.25, 0.3) is 0 Å². The van der Waals surface area contributed by atoms with Crippen LogP contribution in [0.4, 0.5) is 0 Å². The van der Waals surface area contributed by atoms with Gasteiger partial charge in [0.1, 0.15) is 5.75 Å². The first-order valence-corrected chi connectivity index (χ1v) is 8.28. The van der Waals surface area contributed by atoms with Crippen LogP contribution >= 0.6 is 0 Å². The number of hydrogen-bond donors (Lipinski definition) is 2. The lowest BCUT2D eigenvalue weighted by Gasteiger charge is -2.42. The summed E-state index contributed by atoms with van der Waals surface area (Å²) in [5.74, 6) is 0.932. The van der Waals surface area contributed by atoms with Crippen molar-refractivity contribution in [1.29, 1.82) is 0 Å². The number of methoxy groups -OCH3 is 1. The Kier molecular flexibility index (Phi) is 4.39. The maximum Gasteiger partial charge on any atom is 0.231 e. The van der Waals surface area contributed by atoms with E-state index in [4.69, 9.17) is 4.74 Å². The molecular formula is C18H25NO3. The lowest BCUT2D eigenvalue weighted by Crippen LogP contribution is -2.52. The first-order chi connectivity index (χ1) is 10.7. The van der Waals surface area contributed by atoms with Crippen LogP contribution in [0, 0.1) is 0 Å². The van der Waals surface area contributed by atoms with Gasteiger partial charge in [-0.15, -0.1) is 0 Å². The van der Waals surface area contributed by atoms with Crippen molar-refractivity contribution in [3.05, 3.63) is 29.8 Å². The maximum absolute atomic E-state index is 12.9. The van der Waals surface area contributed by atoms with E-state index < -0.39 is 5.41 Å². The second kappa shape index (κ2) is 6.29. The molecule has 0 unspecified atom stereocenters. The van der Waals surface area contributed by atoms with Crippen molar-refractivity contribution in [2.45, 2.75) is 62.5 Å². The molecule has 1 aromatic carbocycles. The third-order valence-corrected chi connectivity index (χ3v) is 5.30. The summed E-state index contributed by atoms with van der Waals surface area (Å²) in [7, 11) is 1.66. The van der Waals surface area contributed by atoms with Crippen molar-refractivity contribution in [3.8, 4) is 5.75 Å². The highest BCUT2D eigenvalue weighted by Crippen LogP contribution is 2.47. The summed E-state index contributed by atoms with van der Waals surface area (Å²) in [6, 6.07) is 8.06. The quantitative estimate of drug-likeness (QED) is 0.898. The molecule has 4 nitrogen and oxygen atoms in total. The molecule has 22 heavy (non-hydrogen) atoms. The molecule has 0 spiro atoms. The van der Waals surface area contributed by atoms with Crippen molar-refractivity contribution in [2.24, 2.45) is 0 Å². The molecule has 2 saturated carbocycles. The number of benzene rings is 1. The Balaban J connectivity index is 1.76. The fourth-order valence-electron chi connectivity index (χ4n) is 3.73. The highest BCUT2D eigenvalue weighted by molar-refractivity contribution is 5.90. The molecule has 0 saturated heterocycles. The molecule has 0 atom stereocenters. The van der Waals surface area contributed by atoms with E-state index >= 15 is 0 Å². The van der Waals surface area contributed by atoms with Gasteiger partial charge in [-0.25, -0.2) is 0 Å². The minimum Gasteiger partial charge on any atom is -0.496 e. The minimum atomic E-state index is -0.428. The number of amides is 1. The largest absolute Gasteiger partial charge is 0.496 e. The van der Waals surface area contributed by atoms with Crippen molar-refractivity contribution in [1.82, 2.24) is 5.32 Å². The third kappa shape index (κ3) is 2.72. The lowest BCUT2D eigenvalue weighted by molar-refractivity contribution is -0.131. The second-order valence-electron chi connectivity index (χ2n) is 6.61. The zero-order chi connectivity index (χ0) is 15.6. The number of carbonyl (C=O) groups excluding carboxylic acids is 1. The number of aliphatic hydroxyl groups is 1. The van der Waals surface area contributed by atoms with Gasteiger partial charge in [-0.2, -0.15) is 0 Å². The van der Waals surface area contributed by atoms with Crippen LogP contribution in [0.25, 0.3) is 0 Å². The van der Waals surface area contributed by atoms with Crippen LogP contribution in [0.2, 0.25) is 0 Å². The number of ether oxygens (including phenoxy) is 1. The summed E-state index contributed by atoms with van der Waals surface area (Å²) in [5, 5.41) is 12.8. The molecule has 2 fully saturated rings. The van der Waals surface area contributed by atoms with Gasteiger partial charge in [0, 0.05) is 11.6 Å². The Morgan fingerprint density at radius 2 is 1.91 bits per heavy atom. The molecule has 0 heterocycles. The summed E-state index contributed by atoms with van der Waals surface area (Å²) in [6.45, 7) is 0. The SMILES string of the molecule is COc1ccccc1C1(C(=O)NC2CCC(O)CC2)CCC1. The average molecular weight is 303 g/mol. The molecule has 0 aliphatic heterocycles. The molecule has 0 bridgehead atoms. The molecule has 4 heteroatoms. The van der Waals surface area contributed by atoms with E-state index in [-0.39, 0.29) is 18.1 Å². The van der Waals surface area contributed by atoms with Gasteiger partial charge in [0.05, 0.1) is 18.6 Å². The Morgan fingerprint density at radius 1 is 1.23 bits per heavy atom. The molecule has 1 aromatic rings. The number of hydrogen-bond acceptors (Lipinski definition) is 3. The van der Waals surface area contributed by atoms with Crippen LogP contribution in [-0.2, 0) is 10.2 Å². The summed E-state index contributed by atoms with van der Waals surface area (Å²) < 4.78 is 5.47. The van der Waals surface area contributed by atoms with Gasteiger partial charge in [-0.05, 0) is 44.6 Å². The minimum absolute atomic E-state index is 0.129. The van der Waals surface area contributed by atoms with Crippen LogP contribution in [0.15, 0.2) is 24.3 Å². The molecule has 0 radical (unpaired) electrons. The Bertz CT molecular complexity index is 531. The fraction of sp³-hybridized carbons (Fsp3) is 0.611. The predicted molar refractivity (Wildman–Crippen MR) is 84.9 cm³/mol. The summed E-state index contributed by atoms with van der Waals surface area (Å²) in [4.78, 5) is 12.9. The number of carbonyl (C=O) groups is 1. The van der Waals surface area contributed by atoms with Gasteiger partial charge in [-0.1, -0.05) is 24.6 Å². The molecule has 2 aliphatic rings. The highest BCUT2D eigenvalue weighted by Gasteiger charge is 2.47. The lowest BCUT2D eigenvalue weighted by atomic mass is 9.63. The zero-order valence-electron chi connectivity index (χ0n) is 13.2. The smallest absolute Gasteiger partial charge is 0.231 e. The van der Waals surface area contributed by atoms with E-state index in [1.54, 1.807) is 7.11 Å². The molecule has 2 N–H and O–H groups in total. The number of para-hydroxylation sites is 1. The fourth-order valence-corrected chi connectivity index (χ4v) is 3.73. The van der Waals surface area contributed by atoms with E-state index in [2.05, 4.69) is 5.32 Å². The van der Waals surface area contributed by atoms with E-state index in [9.17, 15) is 9.90 Å². The normalized spacial score (nSPS) is 26.8. The molecule has 1 amide bonds. The van der Waals surface area contributed by atoms with E-state index in [1.807, 2.05) is 24.3 Å². The standard InChI is InChI=1S/C18H25NO3/c1-22-16-6-3-2-5-15(16)18(11-4-12-18)17(21)19-13-7-9-14(20)10-8-13/h2-3,5-6,13-14,20H,4,7-12H2,1H3,(H,19,21). The van der Waals surface area contributed by atoms with Crippen LogP contribution in [0.1, 0.15) is 50.5 Å². The van der Waals surface area contributed by atoms with Crippen LogP contribution in [0.5, 0.6) is 5.75 Å². The number of aliphatic hydroxyl groups excluding tert-OH is 1. The molecule has 0 aromatic heterocycles. The maximum atomic E-state index is 12.9. The Hall–Kier alpha value is -1.55. The van der Waals surface area contributed by atoms with Gasteiger partial charge < -0.3 is 15.2 Å². The molecular weight excluding hydrogens is 278 g/mol. The predicted octanol–water partition coefficient (Wildman–Crippen LogP) is 2.54. The monoisotopic (exact) mass is 303 g/mol. The van der Waals surface area contributed by atoms with Crippen molar-refractivity contribution >= 4 is 5.91 Å². The first kappa shape index (κ1) is 15.3. The molecule has 3 rings (SSSR count). The summed E-state index contributed by atoms with van der Waals surface area (Å²) in [6.07, 6.45) is 5.96. The van der Waals surface area contributed by atoms with Gasteiger partial charge >= 0.3 is 0 Å². The Labute approximate surface area is 131 Å². The topological polar surface area (TPSA) is 58.6 Å². The molecule has 2 aliphatic carbocycles. The highest BCUT2D eigenvalue weighted by atomic mass is 16.5. The number of rotatable bonds is 4. The van der Waals surface area contributed by atoms with Crippen LogP contribution in [-0.4, -0.2) is 30.3 Å². The molecule has 120 valence electrons.